The van der Waals surface area contributed by atoms with E-state index in [-0.39, 0.29) is 11.1 Å². The zero-order valence-electron chi connectivity index (χ0n) is 12.6. The van der Waals surface area contributed by atoms with Crippen LogP contribution in [0.15, 0.2) is 0 Å². The Balaban J connectivity index is 2.72. The molecule has 106 valence electrons. The molecule has 1 rings (SSSR count). The minimum absolute atomic E-state index is 0.0727. The van der Waals surface area contributed by atoms with E-state index in [2.05, 4.69) is 33.9 Å². The van der Waals surface area contributed by atoms with Gasteiger partial charge < -0.3 is 18.7 Å². The highest BCUT2D eigenvalue weighted by Gasteiger charge is 2.44. The summed E-state index contributed by atoms with van der Waals surface area (Å²) in [7, 11) is -1.97. The lowest BCUT2D eigenvalue weighted by molar-refractivity contribution is -0.152. The summed E-state index contributed by atoms with van der Waals surface area (Å²) in [4.78, 5) is 11.3. The zero-order valence-corrected chi connectivity index (χ0v) is 13.6. The van der Waals surface area contributed by atoms with Gasteiger partial charge in [-0.3, -0.25) is 0 Å². The highest BCUT2D eigenvalue weighted by atomic mass is 28.4. The molecular weight excluding hydrogens is 248 g/mol. The molecule has 0 aromatic rings. The summed E-state index contributed by atoms with van der Waals surface area (Å²) < 4.78 is 17.3. The van der Waals surface area contributed by atoms with E-state index in [1.165, 1.54) is 0 Å². The lowest BCUT2D eigenvalue weighted by Crippen LogP contribution is -2.48. The molecule has 18 heavy (non-hydrogen) atoms. The van der Waals surface area contributed by atoms with Crippen molar-refractivity contribution >= 4 is 14.6 Å². The van der Waals surface area contributed by atoms with E-state index in [4.69, 9.17) is 13.9 Å². The average molecular weight is 274 g/mol. The Morgan fingerprint density at radius 2 is 1.94 bits per heavy atom. The first-order chi connectivity index (χ1) is 7.98. The molecule has 0 N–H and O–H groups in total. The molecule has 1 aliphatic rings. The Bertz CT molecular complexity index is 307. The first-order valence-corrected chi connectivity index (χ1v) is 9.34. The van der Waals surface area contributed by atoms with Gasteiger partial charge in [0.25, 0.3) is 0 Å². The predicted molar refractivity (Wildman–Crippen MR) is 73.0 cm³/mol. The van der Waals surface area contributed by atoms with Gasteiger partial charge in [-0.1, -0.05) is 20.8 Å². The molecule has 5 heteroatoms. The van der Waals surface area contributed by atoms with Crippen molar-refractivity contribution in [1.29, 1.82) is 0 Å². The van der Waals surface area contributed by atoms with Gasteiger partial charge in [0.2, 0.25) is 0 Å². The fourth-order valence-corrected chi connectivity index (χ4v) is 2.83. The summed E-state index contributed by atoms with van der Waals surface area (Å²) >= 11 is 0. The maximum absolute atomic E-state index is 11.3. The summed E-state index contributed by atoms with van der Waals surface area (Å²) in [5.74, 6) is -0.622. The maximum atomic E-state index is 11.3. The molecule has 0 saturated carbocycles. The van der Waals surface area contributed by atoms with Crippen LogP contribution in [0.5, 0.6) is 0 Å². The molecule has 0 aliphatic carbocycles. The van der Waals surface area contributed by atoms with Crippen LogP contribution in [0, 0.1) is 0 Å². The Hall–Kier alpha value is -0.233. The second kappa shape index (κ2) is 5.04. The molecule has 0 radical (unpaired) electrons. The Kier molecular flexibility index (Phi) is 4.43. The van der Waals surface area contributed by atoms with Crippen LogP contribution in [0.4, 0.5) is 0 Å². The third-order valence-corrected chi connectivity index (χ3v) is 8.24. The molecule has 0 bridgehead atoms. The normalized spacial score (nSPS) is 26.1. The van der Waals surface area contributed by atoms with Crippen molar-refractivity contribution in [3.05, 3.63) is 0 Å². The van der Waals surface area contributed by atoms with Crippen molar-refractivity contribution in [3.8, 4) is 0 Å². The third kappa shape index (κ3) is 3.63. The van der Waals surface area contributed by atoms with Crippen molar-refractivity contribution in [2.75, 3.05) is 6.61 Å². The third-order valence-electron chi connectivity index (χ3n) is 3.77. The standard InChI is InChI=1S/C13H26O4Si/c1-12(2,3)18(6,7)17-10(8-14)11-9-15-13(4,5)16-11/h8,10-11H,9H2,1-7H3/t10-,11-/m0/s1. The van der Waals surface area contributed by atoms with Gasteiger partial charge in [-0.15, -0.1) is 0 Å². The number of rotatable bonds is 4. The van der Waals surface area contributed by atoms with Gasteiger partial charge in [0.05, 0.1) is 6.61 Å². The Morgan fingerprint density at radius 3 is 2.28 bits per heavy atom. The predicted octanol–water partition coefficient (Wildman–Crippen LogP) is 2.73. The molecule has 4 nitrogen and oxygen atoms in total. The van der Waals surface area contributed by atoms with Gasteiger partial charge in [-0.25, -0.2) is 0 Å². The van der Waals surface area contributed by atoms with Gasteiger partial charge in [-0.05, 0) is 32.0 Å². The van der Waals surface area contributed by atoms with E-state index >= 15 is 0 Å². The fourth-order valence-electron chi connectivity index (χ4n) is 1.59. The van der Waals surface area contributed by atoms with Crippen LogP contribution in [-0.2, 0) is 18.7 Å². The highest BCUT2D eigenvalue weighted by Crippen LogP contribution is 2.38. The summed E-state index contributed by atoms with van der Waals surface area (Å²) in [6, 6.07) is 0. The second-order valence-electron chi connectivity index (χ2n) is 6.85. The number of carbonyl (C=O) groups excluding carboxylic acids is 1. The molecule has 1 heterocycles. The molecular formula is C13H26O4Si. The quantitative estimate of drug-likeness (QED) is 0.584. The second-order valence-corrected chi connectivity index (χ2v) is 11.6. The van der Waals surface area contributed by atoms with Crippen molar-refractivity contribution in [1.82, 2.24) is 0 Å². The highest BCUT2D eigenvalue weighted by molar-refractivity contribution is 6.74. The summed E-state index contributed by atoms with van der Waals surface area (Å²) in [5, 5.41) is 0.0727. The van der Waals surface area contributed by atoms with Crippen molar-refractivity contribution in [2.45, 2.75) is 70.7 Å². The van der Waals surface area contributed by atoms with Gasteiger partial charge in [0.15, 0.2) is 14.1 Å². The summed E-state index contributed by atoms with van der Waals surface area (Å²) in [5.41, 5.74) is 0. The summed E-state index contributed by atoms with van der Waals surface area (Å²) in [6.07, 6.45) is 0.00918. The minimum Gasteiger partial charge on any atom is -0.404 e. The first kappa shape index (κ1) is 15.8. The van der Waals surface area contributed by atoms with Crippen molar-refractivity contribution < 1.29 is 18.7 Å². The molecule has 0 amide bonds. The van der Waals surface area contributed by atoms with Crippen LogP contribution < -0.4 is 0 Å². The monoisotopic (exact) mass is 274 g/mol. The molecule has 0 unspecified atom stereocenters. The maximum Gasteiger partial charge on any atom is 0.193 e. The lowest BCUT2D eigenvalue weighted by atomic mass is 10.2. The van der Waals surface area contributed by atoms with Crippen LogP contribution in [0.1, 0.15) is 34.6 Å². The SMILES string of the molecule is CC1(C)OC[C@@H]([C@H](C=O)O[Si](C)(C)C(C)(C)C)O1. The van der Waals surface area contributed by atoms with E-state index in [0.29, 0.717) is 6.61 Å². The molecule has 0 spiro atoms. The van der Waals surface area contributed by atoms with Gasteiger partial charge >= 0.3 is 0 Å². The molecule has 2 atom stereocenters. The summed E-state index contributed by atoms with van der Waals surface area (Å²) in [6.45, 7) is 14.8. The Morgan fingerprint density at radius 1 is 1.39 bits per heavy atom. The molecule has 0 aromatic carbocycles. The van der Waals surface area contributed by atoms with Crippen LogP contribution in [0.25, 0.3) is 0 Å². The first-order valence-electron chi connectivity index (χ1n) is 6.43. The van der Waals surface area contributed by atoms with Crippen molar-refractivity contribution in [3.63, 3.8) is 0 Å². The molecule has 1 aliphatic heterocycles. The van der Waals surface area contributed by atoms with Crippen molar-refractivity contribution in [2.24, 2.45) is 0 Å². The van der Waals surface area contributed by atoms with E-state index in [9.17, 15) is 4.79 Å². The molecule has 1 fully saturated rings. The van der Waals surface area contributed by atoms with Crippen LogP contribution in [-0.4, -0.2) is 39.2 Å². The number of carbonyl (C=O) groups is 1. The fraction of sp³-hybridized carbons (Fsp3) is 0.923. The van der Waals surface area contributed by atoms with E-state index in [1.54, 1.807) is 0 Å². The van der Waals surface area contributed by atoms with Gasteiger partial charge in [0, 0.05) is 0 Å². The van der Waals surface area contributed by atoms with Gasteiger partial charge in [-0.2, -0.15) is 0 Å². The molecule has 0 aromatic heterocycles. The Labute approximate surface area is 111 Å². The topological polar surface area (TPSA) is 44.8 Å². The van der Waals surface area contributed by atoms with Crippen LogP contribution >= 0.6 is 0 Å². The molecule has 1 saturated heterocycles. The largest absolute Gasteiger partial charge is 0.404 e. The smallest absolute Gasteiger partial charge is 0.193 e. The van der Waals surface area contributed by atoms with E-state index < -0.39 is 20.2 Å². The van der Waals surface area contributed by atoms with Crippen LogP contribution in [0.3, 0.4) is 0 Å². The zero-order chi connectivity index (χ0) is 14.2. The number of ether oxygens (including phenoxy) is 2. The van der Waals surface area contributed by atoms with Gasteiger partial charge in [0.1, 0.15) is 18.5 Å². The average Bonchev–Trinajstić information content (AvgIpc) is 2.53. The van der Waals surface area contributed by atoms with E-state index in [0.717, 1.165) is 6.29 Å². The number of hydrogen-bond acceptors (Lipinski definition) is 4. The van der Waals surface area contributed by atoms with Crippen LogP contribution in [0.2, 0.25) is 18.1 Å². The minimum atomic E-state index is -1.97. The lowest BCUT2D eigenvalue weighted by Gasteiger charge is -2.39. The number of hydrogen-bond donors (Lipinski definition) is 0. The number of aldehydes is 1. The van der Waals surface area contributed by atoms with E-state index in [1.807, 2.05) is 13.8 Å².